The molecule has 1 aromatic carbocycles. The molecule has 21 heavy (non-hydrogen) atoms. The number of non-ortho nitro benzene ring substituents is 1. The summed E-state index contributed by atoms with van der Waals surface area (Å²) < 4.78 is 5.42. The van der Waals surface area contributed by atoms with E-state index >= 15 is 0 Å². The molecule has 1 rings (SSSR count). The largest absolute Gasteiger partial charge is 0.493 e. The molecule has 0 aliphatic rings. The molecule has 116 valence electrons. The van der Waals surface area contributed by atoms with Gasteiger partial charge in [-0.2, -0.15) is 0 Å². The lowest BCUT2D eigenvalue weighted by molar-refractivity contribution is -0.384. The number of nitrogens with one attached hydrogen (secondary N) is 1. The maximum Gasteiger partial charge on any atom is 0.323 e. The number of ether oxygens (including phenoxy) is 1. The number of carboxylic acid groups (broad SMARTS) is 1. The van der Waals surface area contributed by atoms with Gasteiger partial charge in [-0.15, -0.1) is 0 Å². The molecule has 7 heteroatoms. The van der Waals surface area contributed by atoms with Crippen molar-refractivity contribution in [2.75, 3.05) is 13.2 Å². The molecular formula is C14H20N2O5. The number of nitrogens with zero attached hydrogens (tertiary/aromatic N) is 1. The van der Waals surface area contributed by atoms with Gasteiger partial charge in [0, 0.05) is 6.07 Å². The van der Waals surface area contributed by atoms with Gasteiger partial charge in [0.15, 0.2) is 0 Å². The fourth-order valence-electron chi connectivity index (χ4n) is 1.96. The Morgan fingerprint density at radius 1 is 1.52 bits per heavy atom. The van der Waals surface area contributed by atoms with Crippen LogP contribution in [0.25, 0.3) is 0 Å². The van der Waals surface area contributed by atoms with Gasteiger partial charge in [0.1, 0.15) is 11.3 Å². The Kier molecular flexibility index (Phi) is 6.10. The Hall–Kier alpha value is -2.15. The number of nitro benzene ring substituents is 1. The van der Waals surface area contributed by atoms with Gasteiger partial charge >= 0.3 is 5.97 Å². The van der Waals surface area contributed by atoms with Crippen molar-refractivity contribution in [2.45, 2.75) is 32.2 Å². The number of aliphatic carboxylic acids is 1. The monoisotopic (exact) mass is 296 g/mol. The second-order valence-corrected chi connectivity index (χ2v) is 4.87. The van der Waals surface area contributed by atoms with Crippen LogP contribution in [-0.4, -0.2) is 34.7 Å². The van der Waals surface area contributed by atoms with Crippen LogP contribution in [0.5, 0.6) is 5.75 Å². The van der Waals surface area contributed by atoms with Crippen molar-refractivity contribution in [2.24, 2.45) is 0 Å². The number of hydrogen-bond donors (Lipinski definition) is 2. The van der Waals surface area contributed by atoms with E-state index in [2.05, 4.69) is 5.32 Å². The molecule has 0 bridgehead atoms. The van der Waals surface area contributed by atoms with E-state index in [0.717, 1.165) is 0 Å². The van der Waals surface area contributed by atoms with Gasteiger partial charge in [-0.3, -0.25) is 14.9 Å². The van der Waals surface area contributed by atoms with Crippen LogP contribution in [0.15, 0.2) is 24.3 Å². The van der Waals surface area contributed by atoms with Crippen LogP contribution in [-0.2, 0) is 4.79 Å². The van der Waals surface area contributed by atoms with Gasteiger partial charge in [0.2, 0.25) is 0 Å². The predicted octanol–water partition coefficient (Wildman–Crippen LogP) is 2.21. The first-order valence-corrected chi connectivity index (χ1v) is 6.74. The summed E-state index contributed by atoms with van der Waals surface area (Å²) in [5.74, 6) is -0.496. The summed E-state index contributed by atoms with van der Waals surface area (Å²) in [6.45, 7) is 4.34. The van der Waals surface area contributed by atoms with Gasteiger partial charge in [0.25, 0.3) is 5.69 Å². The van der Waals surface area contributed by atoms with E-state index in [1.54, 1.807) is 19.1 Å². The maximum atomic E-state index is 11.2. The summed E-state index contributed by atoms with van der Waals surface area (Å²) >= 11 is 0. The number of benzene rings is 1. The average molecular weight is 296 g/mol. The third kappa shape index (κ3) is 5.03. The standard InChI is InChI=1S/C14H20N2O5/c1-3-15-14(2,13(17)18)8-5-9-21-12-7-4-6-11(10-12)16(19)20/h4,6-7,10,15H,3,5,8-9H2,1-2H3,(H,17,18). The molecule has 0 aliphatic heterocycles. The lowest BCUT2D eigenvalue weighted by Gasteiger charge is -2.25. The Bertz CT molecular complexity index is 506. The van der Waals surface area contributed by atoms with Crippen LogP contribution in [0.3, 0.4) is 0 Å². The molecule has 0 heterocycles. The first-order chi connectivity index (χ1) is 9.89. The van der Waals surface area contributed by atoms with Crippen LogP contribution in [0, 0.1) is 10.1 Å². The number of carbonyl (C=O) groups is 1. The lowest BCUT2D eigenvalue weighted by Crippen LogP contribution is -2.49. The van der Waals surface area contributed by atoms with E-state index in [1.165, 1.54) is 12.1 Å². The quantitative estimate of drug-likeness (QED) is 0.411. The first-order valence-electron chi connectivity index (χ1n) is 6.74. The van der Waals surface area contributed by atoms with Crippen molar-refractivity contribution >= 4 is 11.7 Å². The molecule has 0 aliphatic carbocycles. The Balaban J connectivity index is 2.48. The van der Waals surface area contributed by atoms with Gasteiger partial charge < -0.3 is 15.2 Å². The molecule has 1 unspecified atom stereocenters. The minimum absolute atomic E-state index is 0.0319. The average Bonchev–Trinajstić information content (AvgIpc) is 2.44. The third-order valence-corrected chi connectivity index (χ3v) is 3.16. The number of likely N-dealkylation sites (N-methyl/N-ethyl adjacent to an activating group) is 1. The van der Waals surface area contributed by atoms with E-state index in [9.17, 15) is 20.0 Å². The highest BCUT2D eigenvalue weighted by molar-refractivity contribution is 5.78. The summed E-state index contributed by atoms with van der Waals surface area (Å²) in [4.78, 5) is 21.4. The van der Waals surface area contributed by atoms with Crippen molar-refractivity contribution in [3.63, 3.8) is 0 Å². The molecule has 0 radical (unpaired) electrons. The Morgan fingerprint density at radius 3 is 2.81 bits per heavy atom. The van der Waals surface area contributed by atoms with E-state index in [-0.39, 0.29) is 5.69 Å². The molecule has 2 N–H and O–H groups in total. The molecule has 0 spiro atoms. The molecule has 1 aromatic rings. The zero-order chi connectivity index (χ0) is 15.9. The van der Waals surface area contributed by atoms with Gasteiger partial charge in [-0.05, 0) is 32.4 Å². The highest BCUT2D eigenvalue weighted by atomic mass is 16.6. The van der Waals surface area contributed by atoms with Crippen LogP contribution < -0.4 is 10.1 Å². The molecule has 1 atom stereocenters. The molecule has 7 nitrogen and oxygen atoms in total. The van der Waals surface area contributed by atoms with E-state index in [4.69, 9.17) is 4.74 Å². The van der Waals surface area contributed by atoms with Gasteiger partial charge in [0.05, 0.1) is 17.6 Å². The minimum Gasteiger partial charge on any atom is -0.493 e. The lowest BCUT2D eigenvalue weighted by atomic mass is 9.96. The number of hydrogen-bond acceptors (Lipinski definition) is 5. The summed E-state index contributed by atoms with van der Waals surface area (Å²) in [6.07, 6.45) is 0.934. The van der Waals surface area contributed by atoms with Crippen molar-refractivity contribution in [1.29, 1.82) is 0 Å². The molecule has 0 fully saturated rings. The second-order valence-electron chi connectivity index (χ2n) is 4.87. The minimum atomic E-state index is -0.985. The summed E-state index contributed by atoms with van der Waals surface area (Å²) in [7, 11) is 0. The summed E-state index contributed by atoms with van der Waals surface area (Å²) in [5.41, 5.74) is -1.02. The van der Waals surface area contributed by atoms with Crippen LogP contribution in [0.2, 0.25) is 0 Å². The topological polar surface area (TPSA) is 102 Å². The fraction of sp³-hybridized carbons (Fsp3) is 0.500. The van der Waals surface area contributed by atoms with Gasteiger partial charge in [-0.25, -0.2) is 0 Å². The fourth-order valence-corrected chi connectivity index (χ4v) is 1.96. The first kappa shape index (κ1) is 16.9. The Labute approximate surface area is 123 Å². The Morgan fingerprint density at radius 2 is 2.24 bits per heavy atom. The molecule has 0 saturated heterocycles. The molecule has 0 saturated carbocycles. The molecule has 0 amide bonds. The van der Waals surface area contributed by atoms with E-state index in [1.807, 2.05) is 6.92 Å². The smallest absolute Gasteiger partial charge is 0.323 e. The zero-order valence-corrected chi connectivity index (χ0v) is 12.2. The number of carboxylic acids is 1. The highest BCUT2D eigenvalue weighted by Gasteiger charge is 2.31. The summed E-state index contributed by atoms with van der Waals surface area (Å²) in [5, 5.41) is 22.8. The summed E-state index contributed by atoms with van der Waals surface area (Å²) in [6, 6.07) is 5.92. The zero-order valence-electron chi connectivity index (χ0n) is 12.2. The van der Waals surface area contributed by atoms with Gasteiger partial charge in [-0.1, -0.05) is 13.0 Å². The van der Waals surface area contributed by atoms with Crippen molar-refractivity contribution in [3.8, 4) is 5.75 Å². The maximum absolute atomic E-state index is 11.2. The van der Waals surface area contributed by atoms with E-state index < -0.39 is 16.4 Å². The molecular weight excluding hydrogens is 276 g/mol. The van der Waals surface area contributed by atoms with Crippen molar-refractivity contribution in [1.82, 2.24) is 5.32 Å². The SMILES string of the molecule is CCNC(C)(CCCOc1cccc([N+](=O)[O-])c1)C(=O)O. The molecule has 0 aromatic heterocycles. The second kappa shape index (κ2) is 7.58. The number of nitro groups is 1. The normalized spacial score (nSPS) is 13.4. The third-order valence-electron chi connectivity index (χ3n) is 3.16. The van der Waals surface area contributed by atoms with Crippen molar-refractivity contribution < 1.29 is 19.6 Å². The van der Waals surface area contributed by atoms with Crippen molar-refractivity contribution in [3.05, 3.63) is 34.4 Å². The number of rotatable bonds is 9. The van der Waals surface area contributed by atoms with Crippen LogP contribution in [0.4, 0.5) is 5.69 Å². The van der Waals surface area contributed by atoms with E-state index in [0.29, 0.717) is 31.7 Å². The predicted molar refractivity (Wildman–Crippen MR) is 77.5 cm³/mol. The van der Waals surface area contributed by atoms with Crippen LogP contribution >= 0.6 is 0 Å². The van der Waals surface area contributed by atoms with Crippen LogP contribution in [0.1, 0.15) is 26.7 Å². The highest BCUT2D eigenvalue weighted by Crippen LogP contribution is 2.20.